The summed E-state index contributed by atoms with van der Waals surface area (Å²) in [7, 11) is 0. The number of piperazine rings is 1. The molecule has 0 saturated carbocycles. The van der Waals surface area contributed by atoms with Gasteiger partial charge in [0.1, 0.15) is 0 Å². The van der Waals surface area contributed by atoms with Gasteiger partial charge in [0.05, 0.1) is 18.8 Å². The summed E-state index contributed by atoms with van der Waals surface area (Å²) in [6.07, 6.45) is 0.292. The molecule has 6 nitrogen and oxygen atoms in total. The van der Waals surface area contributed by atoms with Crippen molar-refractivity contribution in [3.8, 4) is 0 Å². The van der Waals surface area contributed by atoms with Crippen molar-refractivity contribution in [1.29, 1.82) is 0 Å². The Hall–Kier alpha value is -1.73. The van der Waals surface area contributed by atoms with E-state index in [1.54, 1.807) is 0 Å². The van der Waals surface area contributed by atoms with Crippen LogP contribution in [-0.2, 0) is 4.74 Å². The minimum atomic E-state index is -0.104. The lowest BCUT2D eigenvalue weighted by molar-refractivity contribution is -0.0570. The number of ketones is 1. The van der Waals surface area contributed by atoms with Crippen molar-refractivity contribution < 1.29 is 9.53 Å². The van der Waals surface area contributed by atoms with E-state index < -0.39 is 0 Å². The smallest absolute Gasteiger partial charge is 0.182 e. The summed E-state index contributed by atoms with van der Waals surface area (Å²) in [5.41, 5.74) is 2.86. The maximum absolute atomic E-state index is 13.3. The molecule has 0 amide bonds. The molecule has 1 aromatic heterocycles. The molecule has 1 N–H and O–H groups in total. The molecule has 6 heteroatoms. The highest BCUT2D eigenvalue weighted by molar-refractivity contribution is 6.11. The predicted molar refractivity (Wildman–Crippen MR) is 121 cm³/mol. The van der Waals surface area contributed by atoms with Crippen LogP contribution in [0.3, 0.4) is 0 Å². The number of ether oxygens (including phenoxy) is 1. The molecule has 164 valence electrons. The first-order chi connectivity index (χ1) is 14.4. The van der Waals surface area contributed by atoms with Crippen molar-refractivity contribution in [2.24, 2.45) is 0 Å². The van der Waals surface area contributed by atoms with Crippen LogP contribution in [0.15, 0.2) is 24.3 Å². The van der Waals surface area contributed by atoms with Gasteiger partial charge in [0.25, 0.3) is 0 Å². The average molecular weight is 413 g/mol. The van der Waals surface area contributed by atoms with Crippen molar-refractivity contribution in [3.05, 3.63) is 35.5 Å². The second-order valence-corrected chi connectivity index (χ2v) is 9.13. The Morgan fingerprint density at radius 1 is 1.10 bits per heavy atom. The number of Topliss-reactive ketones (excluding diaryl/α,β-unsaturated/α-hetero) is 1. The van der Waals surface area contributed by atoms with Gasteiger partial charge in [-0.2, -0.15) is 0 Å². The number of aromatic nitrogens is 1. The molecule has 1 aromatic carbocycles. The van der Waals surface area contributed by atoms with Crippen molar-refractivity contribution >= 4 is 16.7 Å². The Balaban J connectivity index is 1.33. The summed E-state index contributed by atoms with van der Waals surface area (Å²) in [5, 5.41) is 1.04. The highest BCUT2D eigenvalue weighted by atomic mass is 16.5. The Morgan fingerprint density at radius 3 is 2.57 bits per heavy atom. The van der Waals surface area contributed by atoms with Gasteiger partial charge in [0, 0.05) is 74.0 Å². The molecule has 4 rings (SSSR count). The van der Waals surface area contributed by atoms with Crippen molar-refractivity contribution in [2.45, 2.75) is 45.9 Å². The van der Waals surface area contributed by atoms with Gasteiger partial charge in [-0.05, 0) is 33.8 Å². The van der Waals surface area contributed by atoms with Gasteiger partial charge >= 0.3 is 0 Å². The van der Waals surface area contributed by atoms with Gasteiger partial charge in [0.2, 0.25) is 0 Å². The molecule has 2 fully saturated rings. The third kappa shape index (κ3) is 4.47. The van der Waals surface area contributed by atoms with Crippen molar-refractivity contribution in [2.75, 3.05) is 52.4 Å². The van der Waals surface area contributed by atoms with Crippen molar-refractivity contribution in [3.63, 3.8) is 0 Å². The molecule has 0 spiro atoms. The van der Waals surface area contributed by atoms with Gasteiger partial charge < -0.3 is 9.72 Å². The number of H-pyrrole nitrogens is 1. The Morgan fingerprint density at radius 2 is 1.83 bits per heavy atom. The largest absolute Gasteiger partial charge is 0.374 e. The Bertz CT molecular complexity index is 869. The van der Waals surface area contributed by atoms with Crippen LogP contribution in [0.4, 0.5) is 0 Å². The van der Waals surface area contributed by atoms with Gasteiger partial charge in [0.15, 0.2) is 5.78 Å². The maximum Gasteiger partial charge on any atom is 0.182 e. The van der Waals surface area contributed by atoms with Crippen molar-refractivity contribution in [1.82, 2.24) is 19.7 Å². The number of nitrogens with zero attached hydrogens (tertiary/aromatic N) is 3. The van der Waals surface area contributed by atoms with E-state index in [4.69, 9.17) is 4.74 Å². The van der Waals surface area contributed by atoms with E-state index in [-0.39, 0.29) is 11.8 Å². The molecule has 2 aliphatic heterocycles. The lowest BCUT2D eigenvalue weighted by atomic mass is 10.0. The minimum Gasteiger partial charge on any atom is -0.374 e. The normalized spacial score (nSPS) is 23.3. The highest BCUT2D eigenvalue weighted by Gasteiger charge is 2.30. The van der Waals surface area contributed by atoms with E-state index in [1.807, 2.05) is 31.2 Å². The number of benzene rings is 1. The molecule has 0 bridgehead atoms. The number of aromatic amines is 1. The average Bonchev–Trinajstić information content (AvgIpc) is 3.09. The van der Waals surface area contributed by atoms with Crippen LogP contribution in [0.2, 0.25) is 0 Å². The fourth-order valence-electron chi connectivity index (χ4n) is 4.91. The molecule has 2 saturated heterocycles. The number of aryl methyl sites for hydroxylation is 1. The van der Waals surface area contributed by atoms with Crippen LogP contribution < -0.4 is 0 Å². The number of para-hydroxylation sites is 1. The van der Waals surface area contributed by atoms with E-state index in [2.05, 4.69) is 40.5 Å². The summed E-state index contributed by atoms with van der Waals surface area (Å²) in [5.74, 6) is 0.224. The molecular weight excluding hydrogens is 376 g/mol. The number of morpholine rings is 1. The number of carbonyl (C=O) groups excluding carboxylic acids is 1. The summed E-state index contributed by atoms with van der Waals surface area (Å²) in [6, 6.07) is 8.56. The molecule has 2 unspecified atom stereocenters. The Labute approximate surface area is 180 Å². The van der Waals surface area contributed by atoms with Crippen LogP contribution in [0.25, 0.3) is 10.9 Å². The first kappa shape index (κ1) is 21.5. The second kappa shape index (κ2) is 9.18. The summed E-state index contributed by atoms with van der Waals surface area (Å²) in [6.45, 7) is 16.3. The van der Waals surface area contributed by atoms with E-state index in [0.29, 0.717) is 12.1 Å². The van der Waals surface area contributed by atoms with Crippen LogP contribution >= 0.6 is 0 Å². The maximum atomic E-state index is 13.3. The SMILES string of the molecule is Cc1[nH]c2ccccc2c1C(=O)C(C)N1CCN(CC2CN(C(C)C)CCO2)CC1. The van der Waals surface area contributed by atoms with E-state index in [0.717, 1.165) is 74.6 Å². The lowest BCUT2D eigenvalue weighted by Gasteiger charge is -2.41. The van der Waals surface area contributed by atoms with Gasteiger partial charge in [-0.25, -0.2) is 0 Å². The zero-order valence-electron chi connectivity index (χ0n) is 18.9. The number of hydrogen-bond donors (Lipinski definition) is 1. The minimum absolute atomic E-state index is 0.104. The molecule has 2 atom stereocenters. The molecule has 3 heterocycles. The highest BCUT2D eigenvalue weighted by Crippen LogP contribution is 2.25. The zero-order chi connectivity index (χ0) is 21.3. The van der Waals surface area contributed by atoms with E-state index in [1.165, 1.54) is 0 Å². The molecule has 0 aliphatic carbocycles. The van der Waals surface area contributed by atoms with E-state index >= 15 is 0 Å². The monoisotopic (exact) mass is 412 g/mol. The number of nitrogens with one attached hydrogen (secondary N) is 1. The molecular formula is C24H36N4O2. The standard InChI is InChI=1S/C24H36N4O2/c1-17(2)28-13-14-30-20(16-28)15-26-9-11-27(12-10-26)19(4)24(29)23-18(3)25-22-8-6-5-7-21(22)23/h5-8,17,19-20,25H,9-16H2,1-4H3. The third-order valence-electron chi connectivity index (χ3n) is 6.84. The van der Waals surface area contributed by atoms with Gasteiger partial charge in [-0.3, -0.25) is 19.5 Å². The van der Waals surface area contributed by atoms with Crippen LogP contribution in [-0.4, -0.2) is 96.1 Å². The quantitative estimate of drug-likeness (QED) is 0.740. The number of hydrogen-bond acceptors (Lipinski definition) is 5. The van der Waals surface area contributed by atoms with E-state index in [9.17, 15) is 4.79 Å². The van der Waals surface area contributed by atoms with Gasteiger partial charge in [-0.1, -0.05) is 18.2 Å². The number of carbonyl (C=O) groups is 1. The molecule has 0 radical (unpaired) electrons. The van der Waals surface area contributed by atoms with Gasteiger partial charge in [-0.15, -0.1) is 0 Å². The summed E-state index contributed by atoms with van der Waals surface area (Å²) in [4.78, 5) is 24.0. The second-order valence-electron chi connectivity index (χ2n) is 9.13. The summed E-state index contributed by atoms with van der Waals surface area (Å²) < 4.78 is 6.02. The van der Waals surface area contributed by atoms with Crippen LogP contribution in [0.5, 0.6) is 0 Å². The molecule has 2 aliphatic rings. The Kier molecular flexibility index (Phi) is 6.58. The number of rotatable bonds is 6. The third-order valence-corrected chi connectivity index (χ3v) is 6.84. The fourth-order valence-corrected chi connectivity index (χ4v) is 4.91. The molecule has 30 heavy (non-hydrogen) atoms. The first-order valence-electron chi connectivity index (χ1n) is 11.4. The van der Waals surface area contributed by atoms with Crippen LogP contribution in [0, 0.1) is 6.92 Å². The predicted octanol–water partition coefficient (Wildman–Crippen LogP) is 2.77. The lowest BCUT2D eigenvalue weighted by Crippen LogP contribution is -2.55. The van der Waals surface area contributed by atoms with Crippen LogP contribution in [0.1, 0.15) is 36.8 Å². The number of fused-ring (bicyclic) bond motifs is 1. The molecule has 2 aromatic rings. The topological polar surface area (TPSA) is 51.8 Å². The summed E-state index contributed by atoms with van der Waals surface area (Å²) >= 11 is 0. The zero-order valence-corrected chi connectivity index (χ0v) is 18.9. The first-order valence-corrected chi connectivity index (χ1v) is 11.4. The fraction of sp³-hybridized carbons (Fsp3) is 0.625.